The average Bonchev–Trinajstić information content (AvgIpc) is 2.38. The maximum Gasteiger partial charge on any atom is 0.263 e. The highest BCUT2D eigenvalue weighted by atomic mass is 19.1. The second-order valence-electron chi connectivity index (χ2n) is 6.39. The van der Waals surface area contributed by atoms with E-state index in [1.165, 1.54) is 24.3 Å². The second-order valence-corrected chi connectivity index (χ2v) is 6.39. The molecule has 2 N–H and O–H groups in total. The van der Waals surface area contributed by atoms with Crippen LogP contribution in [0.25, 0.3) is 0 Å². The van der Waals surface area contributed by atoms with E-state index in [0.717, 1.165) is 0 Å². The number of carbonyl (C=O) groups is 1. The SMILES string of the molecule is CC(C)(CCO)CNC(=O)C(C)(C)Oc1ccc(F)cc1. The number of halogens is 1. The van der Waals surface area contributed by atoms with E-state index in [1.54, 1.807) is 13.8 Å². The van der Waals surface area contributed by atoms with Crippen molar-refractivity contribution < 1.29 is 19.0 Å². The molecule has 0 atom stereocenters. The first-order valence-corrected chi connectivity index (χ1v) is 7.00. The summed E-state index contributed by atoms with van der Waals surface area (Å²) < 4.78 is 18.5. The molecule has 1 aromatic carbocycles. The Morgan fingerprint density at radius 3 is 2.33 bits per heavy atom. The molecule has 21 heavy (non-hydrogen) atoms. The van der Waals surface area contributed by atoms with Crippen LogP contribution < -0.4 is 10.1 Å². The molecule has 0 aliphatic carbocycles. The number of aliphatic hydroxyl groups excluding tert-OH is 1. The standard InChI is InChI=1S/C16H24FNO3/c1-15(2,9-10-19)11-18-14(20)16(3,4)21-13-7-5-12(17)6-8-13/h5-8,19H,9-11H2,1-4H3,(H,18,20). The van der Waals surface area contributed by atoms with Crippen LogP contribution in [0.15, 0.2) is 24.3 Å². The van der Waals surface area contributed by atoms with Gasteiger partial charge in [-0.05, 0) is 49.9 Å². The van der Waals surface area contributed by atoms with Crippen LogP contribution >= 0.6 is 0 Å². The molecule has 1 rings (SSSR count). The zero-order valence-electron chi connectivity index (χ0n) is 13.1. The van der Waals surface area contributed by atoms with Crippen LogP contribution in [0.3, 0.4) is 0 Å². The van der Waals surface area contributed by atoms with Gasteiger partial charge in [-0.2, -0.15) is 0 Å². The maximum absolute atomic E-state index is 12.8. The lowest BCUT2D eigenvalue weighted by Crippen LogP contribution is -2.49. The van der Waals surface area contributed by atoms with E-state index in [0.29, 0.717) is 18.7 Å². The number of hydrogen-bond acceptors (Lipinski definition) is 3. The highest BCUT2D eigenvalue weighted by Crippen LogP contribution is 2.21. The number of benzene rings is 1. The Labute approximate surface area is 125 Å². The number of amides is 1. The Balaban J connectivity index is 2.60. The van der Waals surface area contributed by atoms with Gasteiger partial charge in [-0.1, -0.05) is 13.8 Å². The van der Waals surface area contributed by atoms with Crippen molar-refractivity contribution in [3.63, 3.8) is 0 Å². The molecule has 0 aliphatic rings. The fourth-order valence-electron chi connectivity index (χ4n) is 1.77. The fraction of sp³-hybridized carbons (Fsp3) is 0.562. The summed E-state index contributed by atoms with van der Waals surface area (Å²) >= 11 is 0. The molecule has 0 fully saturated rings. The number of aliphatic hydroxyl groups is 1. The molecular weight excluding hydrogens is 273 g/mol. The van der Waals surface area contributed by atoms with Crippen LogP contribution in [0.5, 0.6) is 5.75 Å². The van der Waals surface area contributed by atoms with E-state index in [2.05, 4.69) is 5.32 Å². The largest absolute Gasteiger partial charge is 0.478 e. The van der Waals surface area contributed by atoms with Crippen LogP contribution in [0.1, 0.15) is 34.1 Å². The maximum atomic E-state index is 12.8. The van der Waals surface area contributed by atoms with Gasteiger partial charge in [0, 0.05) is 13.2 Å². The first kappa shape index (κ1) is 17.4. The Kier molecular flexibility index (Phi) is 5.72. The lowest BCUT2D eigenvalue weighted by Gasteiger charge is -2.29. The van der Waals surface area contributed by atoms with Crippen molar-refractivity contribution in [3.8, 4) is 5.75 Å². The third kappa shape index (κ3) is 5.71. The third-order valence-electron chi connectivity index (χ3n) is 3.25. The summed E-state index contributed by atoms with van der Waals surface area (Å²) in [6.07, 6.45) is 0.604. The Morgan fingerprint density at radius 1 is 1.24 bits per heavy atom. The lowest BCUT2D eigenvalue weighted by molar-refractivity contribution is -0.134. The summed E-state index contributed by atoms with van der Waals surface area (Å²) in [6.45, 7) is 7.78. The molecule has 0 saturated heterocycles. The van der Waals surface area contributed by atoms with Crippen molar-refractivity contribution in [1.82, 2.24) is 5.32 Å². The molecular formula is C16H24FNO3. The summed E-state index contributed by atoms with van der Waals surface area (Å²) in [4.78, 5) is 12.2. The fourth-order valence-corrected chi connectivity index (χ4v) is 1.77. The minimum atomic E-state index is -1.06. The van der Waals surface area contributed by atoms with E-state index in [1.807, 2.05) is 13.8 Å². The number of nitrogens with one attached hydrogen (secondary N) is 1. The van der Waals surface area contributed by atoms with E-state index in [4.69, 9.17) is 9.84 Å². The van der Waals surface area contributed by atoms with Crippen molar-refractivity contribution in [2.24, 2.45) is 5.41 Å². The molecule has 5 heteroatoms. The summed E-state index contributed by atoms with van der Waals surface area (Å²) in [5, 5.41) is 11.8. The summed E-state index contributed by atoms with van der Waals surface area (Å²) in [7, 11) is 0. The molecule has 0 bridgehead atoms. The molecule has 0 saturated carbocycles. The highest BCUT2D eigenvalue weighted by molar-refractivity contribution is 5.84. The molecule has 1 aromatic rings. The van der Waals surface area contributed by atoms with Gasteiger partial charge in [0.1, 0.15) is 11.6 Å². The van der Waals surface area contributed by atoms with Gasteiger partial charge in [-0.3, -0.25) is 4.79 Å². The predicted molar refractivity (Wildman–Crippen MR) is 79.6 cm³/mol. The minimum Gasteiger partial charge on any atom is -0.478 e. The molecule has 0 spiro atoms. The van der Waals surface area contributed by atoms with Crippen LogP contribution in [0, 0.1) is 11.2 Å². The topological polar surface area (TPSA) is 58.6 Å². The van der Waals surface area contributed by atoms with Crippen LogP contribution in [0.2, 0.25) is 0 Å². The molecule has 0 heterocycles. The predicted octanol–water partition coefficient (Wildman–Crippen LogP) is 2.51. The summed E-state index contributed by atoms with van der Waals surface area (Å²) in [6, 6.07) is 5.54. The molecule has 0 radical (unpaired) electrons. The van der Waals surface area contributed by atoms with Crippen molar-refractivity contribution in [1.29, 1.82) is 0 Å². The quantitative estimate of drug-likeness (QED) is 0.813. The minimum absolute atomic E-state index is 0.0817. The lowest BCUT2D eigenvalue weighted by atomic mass is 9.89. The smallest absolute Gasteiger partial charge is 0.263 e. The van der Waals surface area contributed by atoms with Crippen LogP contribution in [0.4, 0.5) is 4.39 Å². The van der Waals surface area contributed by atoms with Crippen LogP contribution in [-0.4, -0.2) is 29.8 Å². The highest BCUT2D eigenvalue weighted by Gasteiger charge is 2.31. The van der Waals surface area contributed by atoms with E-state index < -0.39 is 5.60 Å². The monoisotopic (exact) mass is 297 g/mol. The first-order valence-electron chi connectivity index (χ1n) is 7.00. The molecule has 4 nitrogen and oxygen atoms in total. The van der Waals surface area contributed by atoms with Gasteiger partial charge in [0.15, 0.2) is 5.60 Å². The normalized spacial score (nSPS) is 12.1. The number of rotatable bonds is 7. The van der Waals surface area contributed by atoms with Crippen molar-refractivity contribution in [2.45, 2.75) is 39.7 Å². The molecule has 0 aromatic heterocycles. The van der Waals surface area contributed by atoms with Gasteiger partial charge in [-0.25, -0.2) is 4.39 Å². The molecule has 118 valence electrons. The van der Waals surface area contributed by atoms with Gasteiger partial charge in [-0.15, -0.1) is 0 Å². The van der Waals surface area contributed by atoms with Crippen molar-refractivity contribution in [2.75, 3.05) is 13.2 Å². The first-order chi connectivity index (χ1) is 9.66. The third-order valence-corrected chi connectivity index (χ3v) is 3.25. The zero-order valence-corrected chi connectivity index (χ0v) is 13.1. The van der Waals surface area contributed by atoms with Gasteiger partial charge in [0.25, 0.3) is 5.91 Å². The number of hydrogen-bond donors (Lipinski definition) is 2. The zero-order chi connectivity index (χ0) is 16.1. The number of carbonyl (C=O) groups excluding carboxylic acids is 1. The van der Waals surface area contributed by atoms with Gasteiger partial charge in [0.2, 0.25) is 0 Å². The average molecular weight is 297 g/mol. The van der Waals surface area contributed by atoms with Gasteiger partial charge in [0.05, 0.1) is 0 Å². The van der Waals surface area contributed by atoms with Crippen molar-refractivity contribution in [3.05, 3.63) is 30.1 Å². The Bertz CT molecular complexity index is 469. The van der Waals surface area contributed by atoms with Gasteiger partial charge < -0.3 is 15.2 Å². The van der Waals surface area contributed by atoms with Crippen LogP contribution in [-0.2, 0) is 4.79 Å². The van der Waals surface area contributed by atoms with E-state index in [9.17, 15) is 9.18 Å². The number of ether oxygens (including phenoxy) is 1. The summed E-state index contributed by atoms with van der Waals surface area (Å²) in [5.41, 5.74) is -1.25. The Morgan fingerprint density at radius 2 is 1.81 bits per heavy atom. The molecule has 0 unspecified atom stereocenters. The van der Waals surface area contributed by atoms with E-state index >= 15 is 0 Å². The molecule has 0 aliphatic heterocycles. The van der Waals surface area contributed by atoms with Crippen molar-refractivity contribution >= 4 is 5.91 Å². The molecule has 1 amide bonds. The second kappa shape index (κ2) is 6.89. The van der Waals surface area contributed by atoms with Gasteiger partial charge >= 0.3 is 0 Å². The van der Waals surface area contributed by atoms with E-state index in [-0.39, 0.29) is 23.7 Å². The summed E-state index contributed by atoms with van der Waals surface area (Å²) in [5.74, 6) is -0.167. The Hall–Kier alpha value is -1.62.